The van der Waals surface area contributed by atoms with Crippen molar-refractivity contribution in [2.24, 2.45) is 0 Å². The van der Waals surface area contributed by atoms with Crippen molar-refractivity contribution in [3.05, 3.63) is 52.8 Å². The number of ether oxygens (including phenoxy) is 2. The van der Waals surface area contributed by atoms with Crippen LogP contribution in [0, 0.1) is 0 Å². The summed E-state index contributed by atoms with van der Waals surface area (Å²) in [5.41, 5.74) is 1.30. The zero-order valence-corrected chi connectivity index (χ0v) is 17.1. The molecule has 1 aromatic heterocycles. The van der Waals surface area contributed by atoms with Crippen molar-refractivity contribution in [2.75, 3.05) is 38.7 Å². The second kappa shape index (κ2) is 8.83. The van der Waals surface area contributed by atoms with Gasteiger partial charge in [-0.15, -0.1) is 0 Å². The van der Waals surface area contributed by atoms with E-state index < -0.39 is 5.97 Å². The number of carboxylic acids is 1. The number of nitrogens with zero attached hydrogens (tertiary/aromatic N) is 3. The second-order valence-corrected chi connectivity index (χ2v) is 7.26. The molecule has 30 heavy (non-hydrogen) atoms. The average Bonchev–Trinajstić information content (AvgIpc) is 2.75. The summed E-state index contributed by atoms with van der Waals surface area (Å²) in [6, 6.07) is 10.6. The Labute approximate surface area is 178 Å². The van der Waals surface area contributed by atoms with E-state index in [4.69, 9.17) is 31.0 Å². The number of methoxy groups -OCH3 is 1. The lowest BCUT2D eigenvalue weighted by atomic mass is 10.1. The Kier molecular flexibility index (Phi) is 5.98. The molecule has 0 atom stereocenters. The predicted octanol–water partition coefficient (Wildman–Crippen LogP) is 3.57. The number of para-hydroxylation sites is 1. The number of rotatable bonds is 6. The van der Waals surface area contributed by atoms with Crippen LogP contribution in [-0.4, -0.2) is 59.4 Å². The number of aromatic nitrogens is 2. The van der Waals surface area contributed by atoms with Crippen LogP contribution in [0.1, 0.15) is 16.2 Å². The van der Waals surface area contributed by atoms with Crippen LogP contribution >= 0.6 is 11.6 Å². The number of benzene rings is 2. The highest BCUT2D eigenvalue weighted by molar-refractivity contribution is 6.34. The van der Waals surface area contributed by atoms with E-state index in [1.807, 2.05) is 24.3 Å². The number of nitrogens with one attached hydrogen (secondary N) is 1. The Hall–Kier alpha value is -2.94. The fourth-order valence-electron chi connectivity index (χ4n) is 3.36. The smallest absolute Gasteiger partial charge is 0.339 e. The molecular weight excluding hydrogens is 408 g/mol. The number of hydrogen-bond donors (Lipinski definition) is 2. The van der Waals surface area contributed by atoms with Gasteiger partial charge in [-0.05, 0) is 18.2 Å². The van der Waals surface area contributed by atoms with E-state index in [-0.39, 0.29) is 16.3 Å². The minimum atomic E-state index is -1.11. The molecule has 1 aliphatic heterocycles. The Morgan fingerprint density at radius 2 is 2.03 bits per heavy atom. The van der Waals surface area contributed by atoms with Gasteiger partial charge in [0.15, 0.2) is 0 Å². The fraction of sp³-hybridized carbons (Fsp3) is 0.286. The first kappa shape index (κ1) is 20.3. The summed E-state index contributed by atoms with van der Waals surface area (Å²) in [7, 11) is 1.42. The third-order valence-electron chi connectivity index (χ3n) is 4.89. The highest BCUT2D eigenvalue weighted by Gasteiger charge is 2.18. The molecule has 156 valence electrons. The number of hydrogen-bond acceptors (Lipinski definition) is 7. The number of morpholine rings is 1. The lowest BCUT2D eigenvalue weighted by molar-refractivity contribution is 0.0331. The van der Waals surface area contributed by atoms with Crippen LogP contribution in [0.15, 0.2) is 36.4 Å². The van der Waals surface area contributed by atoms with Gasteiger partial charge >= 0.3 is 5.97 Å². The van der Waals surface area contributed by atoms with Crippen LogP contribution in [0.5, 0.6) is 5.75 Å². The lowest BCUT2D eigenvalue weighted by Crippen LogP contribution is -2.36. The van der Waals surface area contributed by atoms with Crippen molar-refractivity contribution >= 4 is 40.0 Å². The highest BCUT2D eigenvalue weighted by atomic mass is 35.5. The van der Waals surface area contributed by atoms with E-state index >= 15 is 0 Å². The van der Waals surface area contributed by atoms with Gasteiger partial charge in [-0.2, -0.15) is 0 Å². The van der Waals surface area contributed by atoms with Crippen molar-refractivity contribution in [1.29, 1.82) is 0 Å². The summed E-state index contributed by atoms with van der Waals surface area (Å²) in [6.45, 7) is 3.67. The summed E-state index contributed by atoms with van der Waals surface area (Å²) in [4.78, 5) is 23.1. The number of aromatic carboxylic acids is 1. The Balaban J connectivity index is 1.72. The number of halogens is 1. The Morgan fingerprint density at radius 3 is 2.77 bits per heavy atom. The largest absolute Gasteiger partial charge is 0.496 e. The van der Waals surface area contributed by atoms with Crippen molar-refractivity contribution in [3.8, 4) is 5.75 Å². The maximum Gasteiger partial charge on any atom is 0.339 e. The summed E-state index contributed by atoms with van der Waals surface area (Å²) < 4.78 is 10.6. The molecule has 2 N–H and O–H groups in total. The van der Waals surface area contributed by atoms with Gasteiger partial charge in [-0.25, -0.2) is 14.8 Å². The maximum atomic E-state index is 11.4. The molecule has 3 aromatic rings. The highest BCUT2D eigenvalue weighted by Crippen LogP contribution is 2.34. The molecule has 4 rings (SSSR count). The SMILES string of the molecule is COc1cc(Nc2nc(CN3CCOCC3)nc3ccccc23)c(Cl)cc1C(=O)O. The zero-order chi connectivity index (χ0) is 21.1. The maximum absolute atomic E-state index is 11.4. The van der Waals surface area contributed by atoms with Crippen LogP contribution in [0.25, 0.3) is 10.9 Å². The molecule has 9 heteroatoms. The number of carbonyl (C=O) groups is 1. The van der Waals surface area contributed by atoms with Crippen LogP contribution in [-0.2, 0) is 11.3 Å². The number of carboxylic acid groups (broad SMARTS) is 1. The monoisotopic (exact) mass is 428 g/mol. The van der Waals surface area contributed by atoms with E-state index in [1.54, 1.807) is 6.07 Å². The first-order chi connectivity index (χ1) is 14.5. The van der Waals surface area contributed by atoms with Crippen molar-refractivity contribution in [3.63, 3.8) is 0 Å². The molecule has 1 fully saturated rings. The normalized spacial score (nSPS) is 14.6. The Morgan fingerprint density at radius 1 is 1.27 bits per heavy atom. The quantitative estimate of drug-likeness (QED) is 0.615. The van der Waals surface area contributed by atoms with E-state index in [0.717, 1.165) is 24.0 Å². The van der Waals surface area contributed by atoms with Gasteiger partial charge in [-0.1, -0.05) is 23.7 Å². The first-order valence-corrected chi connectivity index (χ1v) is 9.86. The fourth-order valence-corrected chi connectivity index (χ4v) is 3.57. The standard InChI is InChI=1S/C21H21ClN4O4/c1-29-18-11-17(15(22)10-14(18)21(27)28)24-20-13-4-2-3-5-16(13)23-19(25-20)12-26-6-8-30-9-7-26/h2-5,10-11H,6-9,12H2,1H3,(H,27,28)(H,23,24,25). The van der Waals surface area contributed by atoms with E-state index in [1.165, 1.54) is 13.2 Å². The number of fused-ring (bicyclic) bond motifs is 1. The summed E-state index contributed by atoms with van der Waals surface area (Å²) >= 11 is 6.35. The second-order valence-electron chi connectivity index (χ2n) is 6.86. The first-order valence-electron chi connectivity index (χ1n) is 9.49. The van der Waals surface area contributed by atoms with Crippen LogP contribution < -0.4 is 10.1 Å². The molecule has 1 saturated heterocycles. The molecular formula is C21H21ClN4O4. The van der Waals surface area contributed by atoms with Crippen molar-refractivity contribution in [2.45, 2.75) is 6.54 Å². The van der Waals surface area contributed by atoms with Gasteiger partial charge in [0.25, 0.3) is 0 Å². The molecule has 0 saturated carbocycles. The Bertz CT molecular complexity index is 1090. The van der Waals surface area contributed by atoms with Gasteiger partial charge < -0.3 is 19.9 Å². The summed E-state index contributed by atoms with van der Waals surface area (Å²) in [5, 5.41) is 13.7. The molecule has 0 unspecified atom stereocenters. The molecule has 1 aliphatic rings. The van der Waals surface area contributed by atoms with E-state index in [9.17, 15) is 9.90 Å². The van der Waals surface area contributed by atoms with Crippen molar-refractivity contribution < 1.29 is 19.4 Å². The molecule has 2 aromatic carbocycles. The molecule has 2 heterocycles. The van der Waals surface area contributed by atoms with Gasteiger partial charge in [0.1, 0.15) is 23.0 Å². The van der Waals surface area contributed by atoms with Gasteiger partial charge in [0, 0.05) is 24.5 Å². The summed E-state index contributed by atoms with van der Waals surface area (Å²) in [6.07, 6.45) is 0. The summed E-state index contributed by atoms with van der Waals surface area (Å²) in [5.74, 6) is 0.376. The minimum absolute atomic E-state index is 0.00592. The average molecular weight is 429 g/mol. The third kappa shape index (κ3) is 4.30. The zero-order valence-electron chi connectivity index (χ0n) is 16.4. The number of anilines is 2. The molecule has 0 amide bonds. The predicted molar refractivity (Wildman–Crippen MR) is 114 cm³/mol. The molecule has 0 spiro atoms. The minimum Gasteiger partial charge on any atom is -0.496 e. The van der Waals surface area contributed by atoms with E-state index in [2.05, 4.69) is 10.2 Å². The van der Waals surface area contributed by atoms with Crippen LogP contribution in [0.3, 0.4) is 0 Å². The van der Waals surface area contributed by atoms with E-state index in [0.29, 0.717) is 37.1 Å². The molecule has 0 aliphatic carbocycles. The molecule has 0 bridgehead atoms. The van der Waals surface area contributed by atoms with Crippen LogP contribution in [0.4, 0.5) is 11.5 Å². The third-order valence-corrected chi connectivity index (χ3v) is 5.20. The lowest BCUT2D eigenvalue weighted by Gasteiger charge is -2.26. The van der Waals surface area contributed by atoms with Crippen LogP contribution in [0.2, 0.25) is 5.02 Å². The van der Waals surface area contributed by atoms with Gasteiger partial charge in [0.05, 0.1) is 43.1 Å². The van der Waals surface area contributed by atoms with Crippen molar-refractivity contribution in [1.82, 2.24) is 14.9 Å². The van der Waals surface area contributed by atoms with Gasteiger partial charge in [0.2, 0.25) is 0 Å². The molecule has 0 radical (unpaired) electrons. The topological polar surface area (TPSA) is 96.8 Å². The molecule has 8 nitrogen and oxygen atoms in total. The van der Waals surface area contributed by atoms with Gasteiger partial charge in [-0.3, -0.25) is 4.90 Å².